The van der Waals surface area contributed by atoms with E-state index < -0.39 is 0 Å². The fourth-order valence-electron chi connectivity index (χ4n) is 3.28. The molecule has 0 bridgehead atoms. The Bertz CT molecular complexity index is 1210. The molecule has 8 heteroatoms. The highest BCUT2D eigenvalue weighted by molar-refractivity contribution is 5.81. The van der Waals surface area contributed by atoms with Crippen LogP contribution in [-0.2, 0) is 6.54 Å². The molecule has 1 aromatic carbocycles. The zero-order chi connectivity index (χ0) is 17.7. The molecule has 0 amide bonds. The average Bonchev–Trinajstić information content (AvgIpc) is 3.12. The molecular formula is C18H15N5O3. The smallest absolute Gasteiger partial charge is 0.262 e. The predicted molar refractivity (Wildman–Crippen MR) is 93.8 cm³/mol. The van der Waals surface area contributed by atoms with Crippen molar-refractivity contribution in [2.45, 2.75) is 13.5 Å². The summed E-state index contributed by atoms with van der Waals surface area (Å²) in [6.07, 6.45) is 3.20. The molecule has 0 N–H and O–H groups in total. The van der Waals surface area contributed by atoms with Crippen molar-refractivity contribution >= 4 is 16.7 Å². The summed E-state index contributed by atoms with van der Waals surface area (Å²) in [5, 5.41) is 4.70. The summed E-state index contributed by atoms with van der Waals surface area (Å²) in [6, 6.07) is 7.60. The van der Waals surface area contributed by atoms with Gasteiger partial charge in [-0.25, -0.2) is 4.98 Å². The van der Waals surface area contributed by atoms with Gasteiger partial charge in [0, 0.05) is 6.20 Å². The highest BCUT2D eigenvalue weighted by Gasteiger charge is 2.14. The Morgan fingerprint density at radius 1 is 1.15 bits per heavy atom. The highest BCUT2D eigenvalue weighted by atomic mass is 16.6. The fourth-order valence-corrected chi connectivity index (χ4v) is 3.28. The second-order valence-corrected chi connectivity index (χ2v) is 6.16. The summed E-state index contributed by atoms with van der Waals surface area (Å²) >= 11 is 0. The van der Waals surface area contributed by atoms with Crippen LogP contribution in [0.25, 0.3) is 16.7 Å². The van der Waals surface area contributed by atoms with Gasteiger partial charge in [-0.3, -0.25) is 4.79 Å². The van der Waals surface area contributed by atoms with Crippen molar-refractivity contribution in [3.8, 4) is 11.5 Å². The third-order valence-corrected chi connectivity index (χ3v) is 4.49. The zero-order valence-electron chi connectivity index (χ0n) is 14.0. The molecule has 0 spiro atoms. The Kier molecular flexibility index (Phi) is 3.18. The van der Waals surface area contributed by atoms with E-state index in [9.17, 15) is 4.79 Å². The van der Waals surface area contributed by atoms with Gasteiger partial charge in [-0.2, -0.15) is 14.6 Å². The highest BCUT2D eigenvalue weighted by Crippen LogP contribution is 2.30. The van der Waals surface area contributed by atoms with Gasteiger partial charge in [0.25, 0.3) is 11.3 Å². The Morgan fingerprint density at radius 2 is 2.00 bits per heavy atom. The number of pyridine rings is 1. The van der Waals surface area contributed by atoms with Gasteiger partial charge in [0.1, 0.15) is 19.5 Å². The molecule has 0 aliphatic carbocycles. The minimum atomic E-state index is -0.111. The summed E-state index contributed by atoms with van der Waals surface area (Å²) in [5.41, 5.74) is 2.19. The van der Waals surface area contributed by atoms with Crippen LogP contribution < -0.4 is 15.0 Å². The topological polar surface area (TPSA) is 83.5 Å². The fraction of sp³-hybridized carbons (Fsp3) is 0.222. The second-order valence-electron chi connectivity index (χ2n) is 6.16. The molecule has 130 valence electrons. The van der Waals surface area contributed by atoms with Crippen LogP contribution in [-0.4, -0.2) is 37.4 Å². The maximum absolute atomic E-state index is 13.0. The van der Waals surface area contributed by atoms with Crippen LogP contribution in [0.15, 0.2) is 41.6 Å². The van der Waals surface area contributed by atoms with E-state index in [1.165, 1.54) is 6.33 Å². The maximum atomic E-state index is 13.0. The number of aryl methyl sites for hydroxylation is 1. The molecule has 3 aromatic heterocycles. The molecule has 0 atom stereocenters. The normalized spacial score (nSPS) is 13.4. The molecule has 0 saturated heterocycles. The second kappa shape index (κ2) is 5.55. The van der Waals surface area contributed by atoms with E-state index in [1.54, 1.807) is 15.3 Å². The van der Waals surface area contributed by atoms with Crippen LogP contribution >= 0.6 is 0 Å². The van der Waals surface area contributed by atoms with Crippen LogP contribution in [0.2, 0.25) is 0 Å². The summed E-state index contributed by atoms with van der Waals surface area (Å²) in [5.74, 6) is 1.93. The number of hydrogen-bond donors (Lipinski definition) is 0. The first kappa shape index (κ1) is 14.9. The van der Waals surface area contributed by atoms with Gasteiger partial charge in [0.2, 0.25) is 0 Å². The predicted octanol–water partition coefficient (Wildman–Crippen LogP) is 1.57. The summed E-state index contributed by atoms with van der Waals surface area (Å²) in [6.45, 7) is 3.33. The molecule has 1 aliphatic rings. The number of benzene rings is 1. The van der Waals surface area contributed by atoms with Gasteiger partial charge in [0.05, 0.1) is 23.1 Å². The van der Waals surface area contributed by atoms with Crippen molar-refractivity contribution in [1.29, 1.82) is 0 Å². The van der Waals surface area contributed by atoms with Crippen LogP contribution in [0.4, 0.5) is 0 Å². The lowest BCUT2D eigenvalue weighted by atomic mass is 10.1. The van der Waals surface area contributed by atoms with E-state index >= 15 is 0 Å². The van der Waals surface area contributed by atoms with Crippen molar-refractivity contribution in [2.75, 3.05) is 13.2 Å². The van der Waals surface area contributed by atoms with Crippen molar-refractivity contribution in [2.24, 2.45) is 0 Å². The van der Waals surface area contributed by atoms with E-state index in [1.807, 2.05) is 31.2 Å². The molecule has 0 fully saturated rings. The summed E-state index contributed by atoms with van der Waals surface area (Å²) in [4.78, 5) is 21.5. The van der Waals surface area contributed by atoms with Crippen molar-refractivity contribution in [3.63, 3.8) is 0 Å². The monoisotopic (exact) mass is 349 g/mol. The van der Waals surface area contributed by atoms with Crippen LogP contribution in [0.3, 0.4) is 0 Å². The third-order valence-electron chi connectivity index (χ3n) is 4.49. The first-order valence-corrected chi connectivity index (χ1v) is 8.29. The largest absolute Gasteiger partial charge is 0.486 e. The number of aromatic nitrogens is 5. The van der Waals surface area contributed by atoms with E-state index in [0.717, 1.165) is 11.3 Å². The van der Waals surface area contributed by atoms with Gasteiger partial charge >= 0.3 is 0 Å². The molecule has 8 nitrogen and oxygen atoms in total. The minimum absolute atomic E-state index is 0.111. The molecule has 0 saturated carbocycles. The molecule has 4 heterocycles. The molecule has 5 rings (SSSR count). The zero-order valence-corrected chi connectivity index (χ0v) is 14.0. The quantitative estimate of drug-likeness (QED) is 0.546. The van der Waals surface area contributed by atoms with E-state index in [4.69, 9.17) is 9.47 Å². The standard InChI is InChI=1S/C18H15N5O3/c1-11-16-13(23-18(21-11)19-10-20-23)4-5-22(17(16)24)9-12-2-3-14-15(8-12)26-7-6-25-14/h2-5,8,10H,6-7,9H2,1H3. The number of ether oxygens (including phenoxy) is 2. The van der Waals surface area contributed by atoms with Crippen LogP contribution in [0.1, 0.15) is 11.3 Å². The lowest BCUT2D eigenvalue weighted by molar-refractivity contribution is 0.171. The maximum Gasteiger partial charge on any atom is 0.262 e. The third kappa shape index (κ3) is 2.22. The van der Waals surface area contributed by atoms with E-state index in [0.29, 0.717) is 47.9 Å². The molecular weight excluding hydrogens is 334 g/mol. The first-order valence-electron chi connectivity index (χ1n) is 8.29. The molecule has 26 heavy (non-hydrogen) atoms. The molecule has 0 radical (unpaired) electrons. The van der Waals surface area contributed by atoms with E-state index in [-0.39, 0.29) is 5.56 Å². The molecule has 1 aliphatic heterocycles. The van der Waals surface area contributed by atoms with Crippen molar-refractivity contribution in [3.05, 3.63) is 58.4 Å². The minimum Gasteiger partial charge on any atom is -0.486 e. The number of fused-ring (bicyclic) bond motifs is 4. The van der Waals surface area contributed by atoms with Gasteiger partial charge < -0.3 is 14.0 Å². The Balaban J connectivity index is 1.61. The van der Waals surface area contributed by atoms with Gasteiger partial charge in [-0.15, -0.1) is 0 Å². The lowest BCUT2D eigenvalue weighted by Crippen LogP contribution is -2.22. The van der Waals surface area contributed by atoms with Crippen molar-refractivity contribution < 1.29 is 9.47 Å². The molecule has 0 unspecified atom stereocenters. The van der Waals surface area contributed by atoms with Gasteiger partial charge in [0.15, 0.2) is 11.5 Å². The van der Waals surface area contributed by atoms with Gasteiger partial charge in [-0.05, 0) is 30.7 Å². The first-order chi connectivity index (χ1) is 12.7. The van der Waals surface area contributed by atoms with E-state index in [2.05, 4.69) is 15.1 Å². The SMILES string of the molecule is Cc1nc2ncnn2c2ccn(Cc3ccc4c(c3)OCCO4)c(=O)c12. The lowest BCUT2D eigenvalue weighted by Gasteiger charge is -2.19. The summed E-state index contributed by atoms with van der Waals surface area (Å²) < 4.78 is 14.4. The number of nitrogens with zero attached hydrogens (tertiary/aromatic N) is 5. The Hall–Kier alpha value is -3.42. The van der Waals surface area contributed by atoms with Crippen LogP contribution in [0.5, 0.6) is 11.5 Å². The van der Waals surface area contributed by atoms with Crippen LogP contribution in [0, 0.1) is 6.92 Å². The Morgan fingerprint density at radius 3 is 2.88 bits per heavy atom. The Labute approximate surface area is 147 Å². The van der Waals surface area contributed by atoms with Gasteiger partial charge in [-0.1, -0.05) is 6.07 Å². The summed E-state index contributed by atoms with van der Waals surface area (Å²) in [7, 11) is 0. The number of rotatable bonds is 2. The molecule has 4 aromatic rings. The number of hydrogen-bond acceptors (Lipinski definition) is 6. The van der Waals surface area contributed by atoms with Crippen molar-refractivity contribution in [1.82, 2.24) is 24.1 Å². The average molecular weight is 349 g/mol.